The number of carbonyl (C=O) groups is 2. The molecule has 0 fully saturated rings. The molecule has 1 amide bonds. The maximum absolute atomic E-state index is 13.8. The summed E-state index contributed by atoms with van der Waals surface area (Å²) in [5.41, 5.74) is 2.81. The smallest absolute Gasteiger partial charge is 0.259 e. The summed E-state index contributed by atoms with van der Waals surface area (Å²) in [4.78, 5) is 28.9. The number of halogens is 1. The van der Waals surface area contributed by atoms with Gasteiger partial charge in [-0.05, 0) is 60.4 Å². The van der Waals surface area contributed by atoms with Crippen molar-refractivity contribution in [1.82, 2.24) is 0 Å². The second-order valence-electron chi connectivity index (χ2n) is 9.08. The summed E-state index contributed by atoms with van der Waals surface area (Å²) in [5.74, 6) is -0.279. The summed E-state index contributed by atoms with van der Waals surface area (Å²) in [6, 6.07) is 15.7. The summed E-state index contributed by atoms with van der Waals surface area (Å²) in [6.07, 6.45) is 2.58. The minimum Gasteiger partial charge on any atom is -0.467 e. The molecular weight excluding hydrogens is 407 g/mol. The Morgan fingerprint density at radius 2 is 1.81 bits per heavy atom. The van der Waals surface area contributed by atoms with E-state index >= 15 is 0 Å². The van der Waals surface area contributed by atoms with Gasteiger partial charge in [-0.15, -0.1) is 0 Å². The van der Waals surface area contributed by atoms with E-state index in [-0.39, 0.29) is 17.1 Å². The summed E-state index contributed by atoms with van der Waals surface area (Å²) >= 11 is 0. The van der Waals surface area contributed by atoms with Gasteiger partial charge in [0.05, 0.1) is 17.6 Å². The van der Waals surface area contributed by atoms with Gasteiger partial charge >= 0.3 is 0 Å². The SMILES string of the molecule is CC1(C)CC(=O)C2=C(C1)Nc1ccccc1N(C(=O)c1ccc(F)cc1)[C@H]2c1ccco1. The van der Waals surface area contributed by atoms with Gasteiger partial charge in [-0.3, -0.25) is 14.5 Å². The van der Waals surface area contributed by atoms with E-state index in [4.69, 9.17) is 4.42 Å². The Balaban J connectivity index is 1.76. The number of nitrogens with one attached hydrogen (secondary N) is 1. The van der Waals surface area contributed by atoms with Crippen LogP contribution < -0.4 is 10.2 Å². The average Bonchev–Trinajstić information content (AvgIpc) is 3.23. The highest BCUT2D eigenvalue weighted by atomic mass is 19.1. The monoisotopic (exact) mass is 430 g/mol. The number of nitrogens with zero attached hydrogens (tertiary/aromatic N) is 1. The molecule has 6 heteroatoms. The van der Waals surface area contributed by atoms with Gasteiger partial charge in [0.15, 0.2) is 5.78 Å². The van der Waals surface area contributed by atoms with E-state index in [9.17, 15) is 14.0 Å². The van der Waals surface area contributed by atoms with E-state index in [1.807, 2.05) is 24.3 Å². The highest BCUT2D eigenvalue weighted by Gasteiger charge is 2.44. The molecule has 162 valence electrons. The number of hydrogen-bond acceptors (Lipinski definition) is 4. The maximum atomic E-state index is 13.8. The van der Waals surface area contributed by atoms with Gasteiger partial charge < -0.3 is 9.73 Å². The number of anilines is 2. The van der Waals surface area contributed by atoms with Crippen molar-refractivity contribution in [3.8, 4) is 0 Å². The fourth-order valence-electron chi connectivity index (χ4n) is 4.66. The van der Waals surface area contributed by atoms with E-state index in [1.165, 1.54) is 30.5 Å². The van der Waals surface area contributed by atoms with Crippen LogP contribution in [0.15, 0.2) is 82.6 Å². The first-order chi connectivity index (χ1) is 15.3. The largest absolute Gasteiger partial charge is 0.467 e. The first-order valence-electron chi connectivity index (χ1n) is 10.6. The molecule has 1 aliphatic heterocycles. The quantitative estimate of drug-likeness (QED) is 0.552. The van der Waals surface area contributed by atoms with Crippen LogP contribution in [-0.4, -0.2) is 11.7 Å². The predicted octanol–water partition coefficient (Wildman–Crippen LogP) is 5.88. The van der Waals surface area contributed by atoms with Crippen molar-refractivity contribution >= 4 is 23.1 Å². The molecule has 5 rings (SSSR count). The number of fused-ring (bicyclic) bond motifs is 1. The van der Waals surface area contributed by atoms with Gasteiger partial charge in [0.1, 0.15) is 17.6 Å². The summed E-state index contributed by atoms with van der Waals surface area (Å²) in [6.45, 7) is 4.13. The first-order valence-corrected chi connectivity index (χ1v) is 10.6. The Kier molecular flexibility index (Phi) is 4.73. The molecule has 2 aromatic carbocycles. The van der Waals surface area contributed by atoms with Crippen molar-refractivity contribution in [3.63, 3.8) is 0 Å². The van der Waals surface area contributed by atoms with Gasteiger partial charge in [0.2, 0.25) is 0 Å². The van der Waals surface area contributed by atoms with Crippen LogP contribution in [0.3, 0.4) is 0 Å². The van der Waals surface area contributed by atoms with E-state index in [0.717, 1.165) is 11.4 Å². The number of carbonyl (C=O) groups excluding carboxylic acids is 2. The predicted molar refractivity (Wildman–Crippen MR) is 120 cm³/mol. The van der Waals surface area contributed by atoms with E-state index < -0.39 is 11.9 Å². The molecule has 0 saturated heterocycles. The Morgan fingerprint density at radius 1 is 1.06 bits per heavy atom. The van der Waals surface area contributed by atoms with Gasteiger partial charge in [-0.25, -0.2) is 4.39 Å². The fourth-order valence-corrected chi connectivity index (χ4v) is 4.66. The van der Waals surface area contributed by atoms with Gasteiger partial charge in [0, 0.05) is 23.3 Å². The zero-order valence-corrected chi connectivity index (χ0v) is 17.9. The van der Waals surface area contributed by atoms with Crippen LogP contribution in [0.5, 0.6) is 0 Å². The van der Waals surface area contributed by atoms with Crippen molar-refractivity contribution in [1.29, 1.82) is 0 Å². The molecule has 3 aromatic rings. The Bertz CT molecular complexity index is 1230. The lowest BCUT2D eigenvalue weighted by Gasteiger charge is -2.36. The van der Waals surface area contributed by atoms with Crippen molar-refractivity contribution in [2.45, 2.75) is 32.7 Å². The van der Waals surface area contributed by atoms with Crippen LogP contribution >= 0.6 is 0 Å². The van der Waals surface area contributed by atoms with Crippen molar-refractivity contribution in [2.75, 3.05) is 10.2 Å². The molecule has 1 aliphatic carbocycles. The first kappa shape index (κ1) is 20.2. The van der Waals surface area contributed by atoms with Crippen LogP contribution in [0.25, 0.3) is 0 Å². The topological polar surface area (TPSA) is 62.6 Å². The molecule has 32 heavy (non-hydrogen) atoms. The third-order valence-electron chi connectivity index (χ3n) is 6.02. The zero-order chi connectivity index (χ0) is 22.5. The van der Waals surface area contributed by atoms with Crippen LogP contribution in [0.1, 0.15) is 48.8 Å². The molecule has 1 N–H and O–H groups in total. The Morgan fingerprint density at radius 3 is 2.53 bits per heavy atom. The number of amides is 1. The number of benzene rings is 2. The van der Waals surface area contributed by atoms with Crippen LogP contribution in [0.4, 0.5) is 15.8 Å². The molecule has 5 nitrogen and oxygen atoms in total. The summed E-state index contributed by atoms with van der Waals surface area (Å²) in [7, 11) is 0. The summed E-state index contributed by atoms with van der Waals surface area (Å²) in [5, 5.41) is 3.45. The molecular formula is C26H23FN2O3. The molecule has 0 bridgehead atoms. The maximum Gasteiger partial charge on any atom is 0.259 e. The minimum absolute atomic E-state index is 0.0186. The normalized spacial score (nSPS) is 19.7. The second kappa shape index (κ2) is 7.48. The molecule has 0 saturated carbocycles. The molecule has 2 aliphatic rings. The number of furan rings is 1. The number of rotatable bonds is 2. The molecule has 2 heterocycles. The number of allylic oxidation sites excluding steroid dienone is 1. The second-order valence-corrected chi connectivity index (χ2v) is 9.08. The van der Waals surface area contributed by atoms with E-state index in [1.54, 1.807) is 17.0 Å². The Labute approximate surface area is 185 Å². The van der Waals surface area contributed by atoms with Crippen LogP contribution in [0.2, 0.25) is 0 Å². The minimum atomic E-state index is -0.739. The Hall–Kier alpha value is -3.67. The van der Waals surface area contributed by atoms with Crippen molar-refractivity contribution in [2.24, 2.45) is 5.41 Å². The molecule has 0 spiro atoms. The molecule has 0 unspecified atom stereocenters. The van der Waals surface area contributed by atoms with E-state index in [0.29, 0.717) is 35.4 Å². The van der Waals surface area contributed by atoms with Crippen molar-refractivity contribution in [3.05, 3.63) is 95.3 Å². The van der Waals surface area contributed by atoms with Gasteiger partial charge in [-0.1, -0.05) is 26.0 Å². The molecule has 1 aromatic heterocycles. The van der Waals surface area contributed by atoms with Crippen molar-refractivity contribution < 1.29 is 18.4 Å². The third kappa shape index (κ3) is 3.42. The summed E-state index contributed by atoms with van der Waals surface area (Å²) < 4.78 is 19.3. The average molecular weight is 430 g/mol. The lowest BCUT2D eigenvalue weighted by molar-refractivity contribution is -0.118. The standard InChI is InChI=1S/C26H23FN2O3/c1-26(2)14-19-23(21(30)15-26)24(22-8-5-13-32-22)29(20-7-4-3-6-18(20)28-19)25(31)16-9-11-17(27)12-10-16/h3-13,24,28H,14-15H2,1-2H3/t24-/m0/s1. The lowest BCUT2D eigenvalue weighted by atomic mass is 9.74. The highest BCUT2D eigenvalue weighted by molar-refractivity contribution is 6.11. The third-order valence-corrected chi connectivity index (χ3v) is 6.02. The number of para-hydroxylation sites is 2. The number of Topliss-reactive ketones (excluding diaryl/α,β-unsaturated/α-hetero) is 1. The van der Waals surface area contributed by atoms with E-state index in [2.05, 4.69) is 19.2 Å². The zero-order valence-electron chi connectivity index (χ0n) is 17.9. The number of hydrogen-bond donors (Lipinski definition) is 1. The van der Waals surface area contributed by atoms with Gasteiger partial charge in [-0.2, -0.15) is 0 Å². The van der Waals surface area contributed by atoms with Gasteiger partial charge in [0.25, 0.3) is 5.91 Å². The van der Waals surface area contributed by atoms with Crippen LogP contribution in [-0.2, 0) is 4.79 Å². The fraction of sp³-hybridized carbons (Fsp3) is 0.231. The number of ketones is 1. The highest BCUT2D eigenvalue weighted by Crippen LogP contribution is 2.48. The van der Waals surface area contributed by atoms with Crippen LogP contribution in [0, 0.1) is 11.2 Å². The molecule has 1 atom stereocenters. The molecule has 0 radical (unpaired) electrons. The lowest BCUT2D eigenvalue weighted by Crippen LogP contribution is -2.39.